The summed E-state index contributed by atoms with van der Waals surface area (Å²) in [4.78, 5) is 16.6. The van der Waals surface area contributed by atoms with Gasteiger partial charge in [-0.15, -0.1) is 0 Å². The topological polar surface area (TPSA) is 101 Å². The van der Waals surface area contributed by atoms with Crippen molar-refractivity contribution in [1.82, 2.24) is 19.9 Å². The molecule has 0 saturated carbocycles. The number of rotatable bonds is 7. The van der Waals surface area contributed by atoms with Crippen LogP contribution in [-0.4, -0.2) is 63.4 Å². The number of nitriles is 1. The summed E-state index contributed by atoms with van der Waals surface area (Å²) >= 11 is 0. The second-order valence-electron chi connectivity index (χ2n) is 9.39. The standard InChI is InChI=1S/C27H24F2N6O2/c28-5-6-37-25-9-22-26(18(10-30)12-32-27(22)33-25)16-1-4-24(31-11-16)34-14-20-8-21(15-34)35(20)13-17-7-19(29)2-3-23(17)36/h1-4,7,9,11-12,20-21,36H,5-6,8,13-15H2,(H,32,33). The van der Waals surface area contributed by atoms with Crippen molar-refractivity contribution in [1.29, 1.82) is 5.26 Å². The molecule has 0 amide bonds. The second-order valence-corrected chi connectivity index (χ2v) is 9.39. The number of benzene rings is 1. The highest BCUT2D eigenvalue weighted by Crippen LogP contribution is 2.38. The molecule has 10 heteroatoms. The zero-order chi connectivity index (χ0) is 25.5. The predicted octanol–water partition coefficient (Wildman–Crippen LogP) is 4.15. The number of pyridine rings is 2. The van der Waals surface area contributed by atoms with Gasteiger partial charge < -0.3 is 19.7 Å². The van der Waals surface area contributed by atoms with Gasteiger partial charge in [-0.2, -0.15) is 5.26 Å². The Kier molecular flexibility index (Phi) is 5.85. The number of hydrogen-bond acceptors (Lipinski definition) is 7. The maximum absolute atomic E-state index is 13.6. The fourth-order valence-electron chi connectivity index (χ4n) is 5.40. The van der Waals surface area contributed by atoms with Gasteiger partial charge in [0.25, 0.3) is 0 Å². The normalized spacial score (nSPS) is 19.0. The Morgan fingerprint density at radius 2 is 1.97 bits per heavy atom. The molecule has 4 aromatic rings. The molecular formula is C27H24F2N6O2. The van der Waals surface area contributed by atoms with Crippen LogP contribution in [0.4, 0.5) is 14.6 Å². The number of aromatic hydroxyl groups is 1. The zero-order valence-corrected chi connectivity index (χ0v) is 19.9. The van der Waals surface area contributed by atoms with Crippen LogP contribution in [0.15, 0.2) is 48.8 Å². The molecule has 6 heterocycles. The average molecular weight is 503 g/mol. The third kappa shape index (κ3) is 4.21. The number of halogens is 2. The van der Waals surface area contributed by atoms with Crippen LogP contribution in [0.25, 0.3) is 22.2 Å². The molecule has 8 nitrogen and oxygen atoms in total. The molecule has 2 N–H and O–H groups in total. The molecule has 0 aliphatic carbocycles. The highest BCUT2D eigenvalue weighted by molar-refractivity contribution is 5.96. The Morgan fingerprint density at radius 1 is 1.14 bits per heavy atom. The van der Waals surface area contributed by atoms with Gasteiger partial charge in [0.2, 0.25) is 0 Å². The average Bonchev–Trinajstić information content (AvgIpc) is 3.35. The molecule has 2 unspecified atom stereocenters. The number of phenolic OH excluding ortho intramolecular Hbond substituents is 1. The summed E-state index contributed by atoms with van der Waals surface area (Å²) in [6.45, 7) is 1.42. The Balaban J connectivity index is 1.20. The molecule has 37 heavy (non-hydrogen) atoms. The van der Waals surface area contributed by atoms with Gasteiger partial charge in [0.05, 0.1) is 5.56 Å². The lowest BCUT2D eigenvalue weighted by Crippen LogP contribution is -2.68. The first-order valence-electron chi connectivity index (χ1n) is 12.1. The van der Waals surface area contributed by atoms with Crippen LogP contribution in [0, 0.1) is 17.1 Å². The van der Waals surface area contributed by atoms with Crippen molar-refractivity contribution in [3.8, 4) is 28.8 Å². The Labute approximate surface area is 211 Å². The van der Waals surface area contributed by atoms with Gasteiger partial charge in [-0.3, -0.25) is 4.90 Å². The molecule has 7 rings (SSSR count). The van der Waals surface area contributed by atoms with Crippen LogP contribution >= 0.6 is 0 Å². The van der Waals surface area contributed by atoms with Crippen LogP contribution in [0.2, 0.25) is 0 Å². The zero-order valence-electron chi connectivity index (χ0n) is 19.9. The Morgan fingerprint density at radius 3 is 2.70 bits per heavy atom. The van der Waals surface area contributed by atoms with E-state index in [-0.39, 0.29) is 18.2 Å². The summed E-state index contributed by atoms with van der Waals surface area (Å²) in [6, 6.07) is 12.5. The summed E-state index contributed by atoms with van der Waals surface area (Å²) in [5.41, 5.74) is 3.03. The summed E-state index contributed by atoms with van der Waals surface area (Å²) < 4.78 is 31.5. The summed E-state index contributed by atoms with van der Waals surface area (Å²) in [7, 11) is 0. The van der Waals surface area contributed by atoms with E-state index in [1.807, 2.05) is 12.1 Å². The summed E-state index contributed by atoms with van der Waals surface area (Å²) in [5.74, 6) is 1.01. The van der Waals surface area contributed by atoms with E-state index in [0.717, 1.165) is 30.9 Å². The first-order chi connectivity index (χ1) is 18.0. The molecule has 0 spiro atoms. The molecule has 188 valence electrons. The number of H-pyrrole nitrogens is 1. The maximum atomic E-state index is 13.6. The number of aromatic amines is 1. The maximum Gasteiger partial charge on any atom is 0.193 e. The molecular weight excluding hydrogens is 478 g/mol. The number of phenols is 1. The number of hydrogen-bond donors (Lipinski definition) is 2. The number of nitrogens with one attached hydrogen (secondary N) is 1. The Hall–Kier alpha value is -4.23. The van der Waals surface area contributed by atoms with Crippen molar-refractivity contribution >= 4 is 16.9 Å². The monoisotopic (exact) mass is 502 g/mol. The number of anilines is 1. The quantitative estimate of drug-likeness (QED) is 0.392. The second kappa shape index (κ2) is 9.33. The lowest BCUT2D eigenvalue weighted by Gasteiger charge is -2.56. The van der Waals surface area contributed by atoms with E-state index in [1.165, 1.54) is 24.4 Å². The molecule has 2 atom stereocenters. The minimum absolute atomic E-state index is 0.0673. The van der Waals surface area contributed by atoms with Gasteiger partial charge >= 0.3 is 0 Å². The van der Waals surface area contributed by atoms with Crippen molar-refractivity contribution in [2.24, 2.45) is 0 Å². The first kappa shape index (κ1) is 23.2. The van der Waals surface area contributed by atoms with Crippen molar-refractivity contribution in [3.05, 3.63) is 65.7 Å². The van der Waals surface area contributed by atoms with E-state index in [9.17, 15) is 19.1 Å². The van der Waals surface area contributed by atoms with Crippen LogP contribution < -0.4 is 9.64 Å². The van der Waals surface area contributed by atoms with Crippen molar-refractivity contribution in [2.75, 3.05) is 31.3 Å². The minimum Gasteiger partial charge on any atom is -0.508 e. The predicted molar refractivity (Wildman–Crippen MR) is 134 cm³/mol. The first-order valence-corrected chi connectivity index (χ1v) is 12.1. The number of alkyl halides is 1. The lowest BCUT2D eigenvalue weighted by molar-refractivity contribution is -0.00921. The van der Waals surface area contributed by atoms with Crippen molar-refractivity contribution in [3.63, 3.8) is 0 Å². The molecule has 1 aromatic carbocycles. The number of fused-ring (bicyclic) bond motifs is 3. The van der Waals surface area contributed by atoms with Gasteiger partial charge in [-0.05, 0) is 36.8 Å². The van der Waals surface area contributed by atoms with Gasteiger partial charge in [0, 0.05) is 72.3 Å². The highest BCUT2D eigenvalue weighted by atomic mass is 19.1. The molecule has 3 saturated heterocycles. The minimum atomic E-state index is -0.603. The number of piperidine rings is 1. The van der Waals surface area contributed by atoms with E-state index in [1.54, 1.807) is 12.3 Å². The smallest absolute Gasteiger partial charge is 0.193 e. The number of piperazine rings is 1. The van der Waals surface area contributed by atoms with Gasteiger partial charge in [0.15, 0.2) is 5.88 Å². The SMILES string of the molecule is N#Cc1cnc2[nH]c(OCCF)cc2c1-c1ccc(N2CC3CC(C2)N3Cc2cc(F)ccc2O)nc1. The molecule has 0 radical (unpaired) electrons. The summed E-state index contributed by atoms with van der Waals surface area (Å²) in [5, 5.41) is 20.5. The van der Waals surface area contributed by atoms with Crippen LogP contribution in [0.5, 0.6) is 11.6 Å². The van der Waals surface area contributed by atoms with E-state index in [4.69, 9.17) is 9.72 Å². The number of nitrogens with zero attached hydrogens (tertiary/aromatic N) is 5. The van der Waals surface area contributed by atoms with Crippen LogP contribution in [-0.2, 0) is 6.54 Å². The van der Waals surface area contributed by atoms with Crippen molar-refractivity contribution in [2.45, 2.75) is 25.0 Å². The number of aromatic nitrogens is 3. The van der Waals surface area contributed by atoms with E-state index >= 15 is 0 Å². The number of ether oxygens (including phenoxy) is 1. The highest BCUT2D eigenvalue weighted by Gasteiger charge is 2.44. The Bertz CT molecular complexity index is 1490. The molecule has 3 aliphatic rings. The van der Waals surface area contributed by atoms with Crippen LogP contribution in [0.3, 0.4) is 0 Å². The molecule has 3 aromatic heterocycles. The van der Waals surface area contributed by atoms with Crippen LogP contribution in [0.1, 0.15) is 17.5 Å². The molecule has 3 aliphatic heterocycles. The summed E-state index contributed by atoms with van der Waals surface area (Å²) in [6.07, 6.45) is 4.32. The van der Waals surface area contributed by atoms with E-state index in [0.29, 0.717) is 52.2 Å². The van der Waals surface area contributed by atoms with Gasteiger partial charge in [-0.25, -0.2) is 18.7 Å². The van der Waals surface area contributed by atoms with E-state index in [2.05, 4.69) is 25.8 Å². The third-order valence-electron chi connectivity index (χ3n) is 7.19. The molecule has 3 fully saturated rings. The largest absolute Gasteiger partial charge is 0.508 e. The third-order valence-corrected chi connectivity index (χ3v) is 7.19. The van der Waals surface area contributed by atoms with Gasteiger partial charge in [-0.1, -0.05) is 0 Å². The fraction of sp³-hybridized carbons (Fsp3) is 0.296. The molecule has 2 bridgehead atoms. The fourth-order valence-corrected chi connectivity index (χ4v) is 5.40. The van der Waals surface area contributed by atoms with E-state index < -0.39 is 6.67 Å². The lowest BCUT2D eigenvalue weighted by atomic mass is 9.86. The van der Waals surface area contributed by atoms with Gasteiger partial charge in [0.1, 0.15) is 42.4 Å². The van der Waals surface area contributed by atoms with Crippen molar-refractivity contribution < 1.29 is 18.6 Å².